The van der Waals surface area contributed by atoms with Gasteiger partial charge in [0.1, 0.15) is 6.29 Å². The molecular formula is C9H7BrO. The van der Waals surface area contributed by atoms with E-state index in [1.165, 1.54) is 0 Å². The van der Waals surface area contributed by atoms with Gasteiger partial charge in [-0.05, 0) is 12.2 Å². The molecule has 1 aliphatic carbocycles. The van der Waals surface area contributed by atoms with E-state index in [1.54, 1.807) is 12.2 Å². The van der Waals surface area contributed by atoms with E-state index in [0.29, 0.717) is 5.57 Å². The normalized spacial score (nSPS) is 24.1. The number of hydrogen-bond donors (Lipinski definition) is 0. The zero-order valence-electron chi connectivity index (χ0n) is 5.83. The summed E-state index contributed by atoms with van der Waals surface area (Å²) in [4.78, 5) is 10.3. The van der Waals surface area contributed by atoms with Crippen molar-refractivity contribution in [2.75, 3.05) is 0 Å². The van der Waals surface area contributed by atoms with Crippen LogP contribution in [0.25, 0.3) is 0 Å². The van der Waals surface area contributed by atoms with Gasteiger partial charge in [-0.25, -0.2) is 0 Å². The Morgan fingerprint density at radius 2 is 1.91 bits per heavy atom. The molecule has 0 amide bonds. The standard InChI is InChI=1S/C9H7BrO/c10-9-5-1-3-8(7-11)4-2-6-9/h1-7H/b3-1?,4-2?,5-1-,6-2?,8-3?,8-4?,9-5?,9-6+. The zero-order valence-corrected chi connectivity index (χ0v) is 7.41. The molecule has 0 unspecified atom stereocenters. The Labute approximate surface area is 73.9 Å². The fourth-order valence-corrected chi connectivity index (χ4v) is 0.997. The molecule has 0 N–H and O–H groups in total. The summed E-state index contributed by atoms with van der Waals surface area (Å²) in [6.45, 7) is 0. The summed E-state index contributed by atoms with van der Waals surface area (Å²) >= 11 is 3.32. The lowest BCUT2D eigenvalue weighted by Gasteiger charge is -1.91. The van der Waals surface area contributed by atoms with Gasteiger partial charge in [-0.3, -0.25) is 4.79 Å². The quantitative estimate of drug-likeness (QED) is 0.609. The average Bonchev–Trinajstić information content (AvgIpc) is 1.96. The van der Waals surface area contributed by atoms with Crippen LogP contribution in [0.2, 0.25) is 0 Å². The molecule has 0 aromatic heterocycles. The molecule has 0 atom stereocenters. The van der Waals surface area contributed by atoms with Crippen molar-refractivity contribution >= 4 is 22.2 Å². The fourth-order valence-electron chi connectivity index (χ4n) is 0.692. The third-order valence-corrected chi connectivity index (χ3v) is 1.75. The van der Waals surface area contributed by atoms with E-state index >= 15 is 0 Å². The minimum absolute atomic E-state index is 0.678. The largest absolute Gasteiger partial charge is 0.298 e. The van der Waals surface area contributed by atoms with Crippen LogP contribution in [-0.2, 0) is 4.79 Å². The highest BCUT2D eigenvalue weighted by molar-refractivity contribution is 9.11. The first-order valence-corrected chi connectivity index (χ1v) is 3.99. The second-order valence-corrected chi connectivity index (χ2v) is 2.97. The molecule has 0 heterocycles. The molecule has 0 saturated heterocycles. The van der Waals surface area contributed by atoms with Gasteiger partial charge in [-0.15, -0.1) is 0 Å². The van der Waals surface area contributed by atoms with Crippen molar-refractivity contribution in [1.29, 1.82) is 0 Å². The second kappa shape index (κ2) is 4.09. The van der Waals surface area contributed by atoms with Crippen LogP contribution >= 0.6 is 15.9 Å². The first-order chi connectivity index (χ1) is 5.33. The Morgan fingerprint density at radius 3 is 2.64 bits per heavy atom. The first-order valence-electron chi connectivity index (χ1n) is 3.20. The molecule has 0 aromatic carbocycles. The predicted octanol–water partition coefficient (Wildman–Crippen LogP) is 2.52. The monoisotopic (exact) mass is 210 g/mol. The van der Waals surface area contributed by atoms with Gasteiger partial charge in [0, 0.05) is 10.1 Å². The van der Waals surface area contributed by atoms with E-state index in [2.05, 4.69) is 15.9 Å². The number of aldehydes is 1. The Kier molecular flexibility index (Phi) is 3.05. The molecule has 1 rings (SSSR count). The smallest absolute Gasteiger partial charge is 0.150 e. The molecule has 0 fully saturated rings. The number of allylic oxidation sites excluding steroid dienone is 8. The van der Waals surface area contributed by atoms with Gasteiger partial charge < -0.3 is 0 Å². The molecule has 11 heavy (non-hydrogen) atoms. The van der Waals surface area contributed by atoms with Gasteiger partial charge in [0.25, 0.3) is 0 Å². The fraction of sp³-hybridized carbons (Fsp3) is 0. The van der Waals surface area contributed by atoms with Crippen LogP contribution in [0.15, 0.2) is 46.5 Å². The highest BCUT2D eigenvalue weighted by Gasteiger charge is 1.88. The van der Waals surface area contributed by atoms with E-state index in [9.17, 15) is 4.79 Å². The molecular weight excluding hydrogens is 204 g/mol. The molecule has 0 spiro atoms. The van der Waals surface area contributed by atoms with Crippen LogP contribution < -0.4 is 0 Å². The summed E-state index contributed by atoms with van der Waals surface area (Å²) in [7, 11) is 0. The number of rotatable bonds is 1. The SMILES string of the molecule is O=CC1=C/C=C\C(Br)=C/C=C1. The summed E-state index contributed by atoms with van der Waals surface area (Å²) in [5.74, 6) is 0. The average molecular weight is 211 g/mol. The highest BCUT2D eigenvalue weighted by Crippen LogP contribution is 2.09. The molecule has 0 aliphatic heterocycles. The topological polar surface area (TPSA) is 17.1 Å². The van der Waals surface area contributed by atoms with Crippen LogP contribution in [0.5, 0.6) is 0 Å². The van der Waals surface area contributed by atoms with Crippen molar-refractivity contribution < 1.29 is 4.79 Å². The van der Waals surface area contributed by atoms with Crippen LogP contribution in [0.4, 0.5) is 0 Å². The second-order valence-electron chi connectivity index (χ2n) is 2.05. The van der Waals surface area contributed by atoms with Crippen LogP contribution in [0.1, 0.15) is 0 Å². The lowest BCUT2D eigenvalue weighted by Crippen LogP contribution is -1.78. The van der Waals surface area contributed by atoms with Crippen molar-refractivity contribution in [2.24, 2.45) is 0 Å². The van der Waals surface area contributed by atoms with E-state index in [0.717, 1.165) is 10.8 Å². The van der Waals surface area contributed by atoms with Gasteiger partial charge in [-0.1, -0.05) is 40.2 Å². The van der Waals surface area contributed by atoms with Crippen LogP contribution in [0, 0.1) is 0 Å². The van der Waals surface area contributed by atoms with Crippen LogP contribution in [-0.4, -0.2) is 6.29 Å². The minimum atomic E-state index is 0.678. The van der Waals surface area contributed by atoms with E-state index in [1.807, 2.05) is 24.3 Å². The zero-order chi connectivity index (χ0) is 8.10. The summed E-state index contributed by atoms with van der Waals surface area (Å²) in [6.07, 6.45) is 11.8. The van der Waals surface area contributed by atoms with Gasteiger partial charge in [0.2, 0.25) is 0 Å². The molecule has 56 valence electrons. The summed E-state index contributed by atoms with van der Waals surface area (Å²) in [5, 5.41) is 0. The highest BCUT2D eigenvalue weighted by atomic mass is 79.9. The van der Waals surface area contributed by atoms with Gasteiger partial charge in [0.15, 0.2) is 0 Å². The lowest BCUT2D eigenvalue weighted by atomic mass is 10.2. The Morgan fingerprint density at radius 1 is 1.18 bits per heavy atom. The molecule has 2 heteroatoms. The Bertz CT molecular complexity index is 269. The molecule has 0 saturated carbocycles. The van der Waals surface area contributed by atoms with Crippen molar-refractivity contribution in [1.82, 2.24) is 0 Å². The van der Waals surface area contributed by atoms with E-state index in [-0.39, 0.29) is 0 Å². The predicted molar refractivity (Wildman–Crippen MR) is 49.4 cm³/mol. The third kappa shape index (κ3) is 2.68. The third-order valence-electron chi connectivity index (χ3n) is 1.22. The maximum Gasteiger partial charge on any atom is 0.150 e. The first kappa shape index (κ1) is 8.21. The number of halogens is 1. The Hall–Kier alpha value is -0.890. The number of carbonyl (C=O) groups is 1. The van der Waals surface area contributed by atoms with Crippen molar-refractivity contribution in [3.63, 3.8) is 0 Å². The maximum absolute atomic E-state index is 10.3. The summed E-state index contributed by atoms with van der Waals surface area (Å²) in [5.41, 5.74) is 0.678. The summed E-state index contributed by atoms with van der Waals surface area (Å²) in [6, 6.07) is 0. The number of hydrogen-bond acceptors (Lipinski definition) is 1. The molecule has 0 radical (unpaired) electrons. The van der Waals surface area contributed by atoms with Gasteiger partial charge in [0.05, 0.1) is 0 Å². The molecule has 0 aromatic rings. The van der Waals surface area contributed by atoms with Crippen molar-refractivity contribution in [2.45, 2.75) is 0 Å². The molecule has 0 bridgehead atoms. The van der Waals surface area contributed by atoms with Gasteiger partial charge >= 0.3 is 0 Å². The van der Waals surface area contributed by atoms with Gasteiger partial charge in [-0.2, -0.15) is 0 Å². The van der Waals surface area contributed by atoms with Crippen LogP contribution in [0.3, 0.4) is 0 Å². The van der Waals surface area contributed by atoms with E-state index in [4.69, 9.17) is 0 Å². The Balaban J connectivity index is 2.87. The van der Waals surface area contributed by atoms with Crippen molar-refractivity contribution in [3.8, 4) is 0 Å². The minimum Gasteiger partial charge on any atom is -0.298 e. The van der Waals surface area contributed by atoms with E-state index < -0.39 is 0 Å². The molecule has 1 nitrogen and oxygen atoms in total. The maximum atomic E-state index is 10.3. The number of carbonyl (C=O) groups excluding carboxylic acids is 1. The summed E-state index contributed by atoms with van der Waals surface area (Å²) < 4.78 is 0.995. The molecule has 1 aliphatic rings. The van der Waals surface area contributed by atoms with Crippen molar-refractivity contribution in [3.05, 3.63) is 46.5 Å². The lowest BCUT2D eigenvalue weighted by molar-refractivity contribution is -0.104.